The minimum absolute atomic E-state index is 0.203. The summed E-state index contributed by atoms with van der Waals surface area (Å²) in [5.41, 5.74) is 0.389. The predicted octanol–water partition coefficient (Wildman–Crippen LogP) is 2.73. The van der Waals surface area contributed by atoms with Gasteiger partial charge in [-0.3, -0.25) is 9.36 Å². The molecule has 0 unspecified atom stereocenters. The molecule has 1 saturated heterocycles. The van der Waals surface area contributed by atoms with Crippen molar-refractivity contribution in [3.05, 3.63) is 57.7 Å². The van der Waals surface area contributed by atoms with E-state index >= 15 is 0 Å². The van der Waals surface area contributed by atoms with Crippen LogP contribution < -0.4 is 15.3 Å². The van der Waals surface area contributed by atoms with Gasteiger partial charge in [-0.15, -0.1) is 0 Å². The number of imidazole rings is 1. The summed E-state index contributed by atoms with van der Waals surface area (Å²) in [7, 11) is 0. The summed E-state index contributed by atoms with van der Waals surface area (Å²) < 4.78 is 14.1. The molecule has 2 aromatic heterocycles. The number of nitrogens with zero attached hydrogens (tertiary/aromatic N) is 4. The molecule has 0 bridgehead atoms. The van der Waals surface area contributed by atoms with Crippen LogP contribution in [-0.4, -0.2) is 44.1 Å². The number of aliphatic carboxylic acids is 1. The summed E-state index contributed by atoms with van der Waals surface area (Å²) in [6.45, 7) is 1.09. The maximum absolute atomic E-state index is 12.4. The molecule has 0 aliphatic carbocycles. The number of hydrogen-bond acceptors (Lipinski definition) is 6. The van der Waals surface area contributed by atoms with Crippen LogP contribution in [0, 0.1) is 0 Å². The van der Waals surface area contributed by atoms with E-state index in [1.807, 2.05) is 18.2 Å². The lowest BCUT2D eigenvalue weighted by atomic mass is 9.83. The molecule has 3 aromatic rings. The molecule has 2 aliphatic rings. The number of carbonyl (C=O) groups is 1. The average Bonchev–Trinajstić information content (AvgIpc) is 3.36. The Balaban J connectivity index is 1.28. The topological polar surface area (TPSA) is 103 Å². The number of aromatic nitrogens is 3. The number of rotatable bonds is 4. The molecule has 1 aromatic carbocycles. The molecule has 1 fully saturated rings. The van der Waals surface area contributed by atoms with E-state index in [9.17, 15) is 9.59 Å². The van der Waals surface area contributed by atoms with Crippen molar-refractivity contribution in [3.8, 4) is 11.6 Å². The Morgan fingerprint density at radius 3 is 2.81 bits per heavy atom. The summed E-state index contributed by atoms with van der Waals surface area (Å²) in [5.74, 6) is 0.681. The predicted molar refractivity (Wildman–Crippen MR) is 112 cm³/mol. The summed E-state index contributed by atoms with van der Waals surface area (Å²) >= 11 is 6.30. The van der Waals surface area contributed by atoms with Gasteiger partial charge in [-0.25, -0.2) is 9.36 Å². The molecule has 0 atom stereocenters. The van der Waals surface area contributed by atoms with Gasteiger partial charge in [-0.1, -0.05) is 22.8 Å². The number of fused-ring (bicyclic) bond motifs is 1. The van der Waals surface area contributed by atoms with E-state index in [0.717, 1.165) is 59.7 Å². The molecule has 10 heteroatoms. The molecule has 31 heavy (non-hydrogen) atoms. The van der Waals surface area contributed by atoms with Gasteiger partial charge in [0.25, 0.3) is 0 Å². The summed E-state index contributed by atoms with van der Waals surface area (Å²) in [4.78, 5) is 25.3. The fraction of sp³-hybridized carbons (Fsp3) is 0.381. The highest BCUT2D eigenvalue weighted by Gasteiger charge is 2.40. The van der Waals surface area contributed by atoms with Gasteiger partial charge in [-0.2, -0.15) is 0 Å². The second kappa shape index (κ2) is 7.49. The van der Waals surface area contributed by atoms with E-state index in [1.165, 1.54) is 17.0 Å². The fourth-order valence-corrected chi connectivity index (χ4v) is 4.64. The van der Waals surface area contributed by atoms with Crippen molar-refractivity contribution in [1.29, 1.82) is 0 Å². The molecule has 1 spiro atoms. The number of halogens is 1. The van der Waals surface area contributed by atoms with E-state index in [0.29, 0.717) is 5.82 Å². The Morgan fingerprint density at radius 1 is 1.23 bits per heavy atom. The lowest BCUT2D eigenvalue weighted by Crippen LogP contribution is -2.50. The van der Waals surface area contributed by atoms with Gasteiger partial charge in [0.2, 0.25) is 5.88 Å². The molecule has 2 aliphatic heterocycles. The Hall–Kier alpha value is -3.20. The fourth-order valence-electron chi connectivity index (χ4n) is 4.38. The van der Waals surface area contributed by atoms with E-state index in [2.05, 4.69) is 10.1 Å². The molecule has 5 rings (SSSR count). The number of benzene rings is 1. The average molecular weight is 445 g/mol. The molecule has 4 heterocycles. The van der Waals surface area contributed by atoms with Crippen LogP contribution in [0.4, 0.5) is 5.82 Å². The maximum atomic E-state index is 12.4. The summed E-state index contributed by atoms with van der Waals surface area (Å²) in [6, 6.07) is 7.49. The van der Waals surface area contributed by atoms with Crippen LogP contribution in [-0.2, 0) is 17.8 Å². The van der Waals surface area contributed by atoms with E-state index in [4.69, 9.17) is 26.0 Å². The summed E-state index contributed by atoms with van der Waals surface area (Å²) in [5, 5.41) is 13.8. The van der Waals surface area contributed by atoms with Crippen molar-refractivity contribution in [2.45, 2.75) is 37.8 Å². The lowest BCUT2D eigenvalue weighted by Gasteiger charge is -2.44. The number of anilines is 1. The first-order valence-electron chi connectivity index (χ1n) is 10.1. The number of hydrogen-bond donors (Lipinski definition) is 1. The third-order valence-corrected chi connectivity index (χ3v) is 6.46. The van der Waals surface area contributed by atoms with Crippen LogP contribution in [0.5, 0.6) is 5.75 Å². The Kier molecular flexibility index (Phi) is 4.77. The van der Waals surface area contributed by atoms with Gasteiger partial charge in [-0.05, 0) is 25.0 Å². The van der Waals surface area contributed by atoms with Crippen LogP contribution in [0.15, 0.2) is 46.0 Å². The number of carboxylic acid groups (broad SMARTS) is 1. The Labute approximate surface area is 182 Å². The van der Waals surface area contributed by atoms with Gasteiger partial charge in [0.05, 0.1) is 0 Å². The molecular formula is C21H21ClN4O5. The van der Waals surface area contributed by atoms with Crippen molar-refractivity contribution in [3.63, 3.8) is 0 Å². The minimum atomic E-state index is -1.09. The highest BCUT2D eigenvalue weighted by molar-refractivity contribution is 6.31. The highest BCUT2D eigenvalue weighted by Crippen LogP contribution is 2.42. The van der Waals surface area contributed by atoms with Crippen molar-refractivity contribution < 1.29 is 19.2 Å². The number of ether oxygens (including phenoxy) is 1. The van der Waals surface area contributed by atoms with Gasteiger partial charge in [0.15, 0.2) is 5.82 Å². The van der Waals surface area contributed by atoms with Gasteiger partial charge < -0.3 is 19.3 Å². The maximum Gasteiger partial charge on any atom is 0.335 e. The zero-order valence-electron chi connectivity index (χ0n) is 16.7. The largest absolute Gasteiger partial charge is 0.487 e. The zero-order valence-corrected chi connectivity index (χ0v) is 17.4. The van der Waals surface area contributed by atoms with Crippen LogP contribution in [0.25, 0.3) is 5.88 Å². The zero-order chi connectivity index (χ0) is 21.6. The van der Waals surface area contributed by atoms with Crippen molar-refractivity contribution >= 4 is 23.4 Å². The molecule has 0 radical (unpaired) electrons. The van der Waals surface area contributed by atoms with E-state index in [1.54, 1.807) is 6.07 Å². The van der Waals surface area contributed by atoms with Crippen LogP contribution >= 0.6 is 11.6 Å². The minimum Gasteiger partial charge on any atom is -0.487 e. The first-order valence-corrected chi connectivity index (χ1v) is 10.5. The quantitative estimate of drug-likeness (QED) is 0.659. The highest BCUT2D eigenvalue weighted by atomic mass is 35.5. The third kappa shape index (κ3) is 3.59. The van der Waals surface area contributed by atoms with Gasteiger partial charge in [0, 0.05) is 55.0 Å². The van der Waals surface area contributed by atoms with E-state index in [-0.39, 0.29) is 11.5 Å². The third-order valence-electron chi connectivity index (χ3n) is 6.11. The van der Waals surface area contributed by atoms with Crippen molar-refractivity contribution in [2.75, 3.05) is 18.0 Å². The van der Waals surface area contributed by atoms with Crippen LogP contribution in [0.3, 0.4) is 0 Å². The standard InChI is InChI=1S/C21H21ClN4O5/c22-15-2-1-3-16-14(15)4-5-21(30-16)6-8-24(9-7-21)17-12-18(31-23-17)26-11-10-25(20(26)29)13-19(27)28/h1-3,10-12H,4-9,13H2,(H,27,28). The SMILES string of the molecule is O=C(O)Cn1ccn(-c2cc(N3CCC4(CCc5c(Cl)cccc5O4)CC3)no2)c1=O. The van der Waals surface area contributed by atoms with Crippen molar-refractivity contribution in [1.82, 2.24) is 14.3 Å². The summed E-state index contributed by atoms with van der Waals surface area (Å²) in [6.07, 6.45) is 6.40. The molecular weight excluding hydrogens is 424 g/mol. The van der Waals surface area contributed by atoms with Crippen LogP contribution in [0.1, 0.15) is 24.8 Å². The van der Waals surface area contributed by atoms with Gasteiger partial charge in [0.1, 0.15) is 17.9 Å². The smallest absolute Gasteiger partial charge is 0.335 e. The lowest BCUT2D eigenvalue weighted by molar-refractivity contribution is -0.137. The normalized spacial score (nSPS) is 17.4. The molecule has 9 nitrogen and oxygen atoms in total. The first-order chi connectivity index (χ1) is 14.9. The van der Waals surface area contributed by atoms with Crippen molar-refractivity contribution in [2.24, 2.45) is 0 Å². The molecule has 0 amide bonds. The monoisotopic (exact) mass is 444 g/mol. The van der Waals surface area contributed by atoms with E-state index < -0.39 is 18.2 Å². The Bertz CT molecular complexity index is 1190. The van der Waals surface area contributed by atoms with Gasteiger partial charge >= 0.3 is 11.7 Å². The Morgan fingerprint density at radius 2 is 2.03 bits per heavy atom. The second-order valence-corrected chi connectivity index (χ2v) is 8.39. The van der Waals surface area contributed by atoms with Crippen LogP contribution in [0.2, 0.25) is 5.02 Å². The molecule has 1 N–H and O–H groups in total. The second-order valence-electron chi connectivity index (χ2n) is 7.98. The molecule has 162 valence electrons. The number of piperidine rings is 1. The molecule has 0 saturated carbocycles. The first kappa shape index (κ1) is 19.7. The number of carboxylic acids is 1.